The molecule has 1 atom stereocenters. The van der Waals surface area contributed by atoms with E-state index in [2.05, 4.69) is 0 Å². The molecule has 2 rings (SSSR count). The first-order chi connectivity index (χ1) is 7.88. The van der Waals surface area contributed by atoms with Crippen LogP contribution in [0.25, 0.3) is 10.9 Å². The van der Waals surface area contributed by atoms with Gasteiger partial charge in [0.1, 0.15) is 6.04 Å². The Balaban J connectivity index is 2.28. The lowest BCUT2D eigenvalue weighted by Gasteiger charge is -2.15. The van der Waals surface area contributed by atoms with E-state index >= 15 is 0 Å². The summed E-state index contributed by atoms with van der Waals surface area (Å²) in [7, 11) is 1.86. The predicted octanol–water partition coefficient (Wildman–Crippen LogP) is 2.61. The highest BCUT2D eigenvalue weighted by Crippen LogP contribution is 2.23. The standard InChI is InChI=1S/C12H13F3N2/c1-17-5-4-9-3-2-8(6-10(9)17)7-11(16)12(13,14)15/h2-6,11H,7,16H2,1H3. The Morgan fingerprint density at radius 2 is 2.00 bits per heavy atom. The fraction of sp³-hybridized carbons (Fsp3) is 0.333. The van der Waals surface area contributed by atoms with E-state index in [1.54, 1.807) is 12.1 Å². The van der Waals surface area contributed by atoms with E-state index in [0.717, 1.165) is 10.9 Å². The van der Waals surface area contributed by atoms with Crippen LogP contribution in [0.3, 0.4) is 0 Å². The summed E-state index contributed by atoms with van der Waals surface area (Å²) in [4.78, 5) is 0. The van der Waals surface area contributed by atoms with Gasteiger partial charge in [-0.25, -0.2) is 0 Å². The molecule has 0 aliphatic heterocycles. The van der Waals surface area contributed by atoms with E-state index in [0.29, 0.717) is 5.56 Å². The zero-order valence-corrected chi connectivity index (χ0v) is 9.33. The second kappa shape index (κ2) is 4.07. The first-order valence-corrected chi connectivity index (χ1v) is 5.24. The summed E-state index contributed by atoms with van der Waals surface area (Å²) in [5.74, 6) is 0. The van der Waals surface area contributed by atoms with Crippen LogP contribution in [-0.2, 0) is 13.5 Å². The first-order valence-electron chi connectivity index (χ1n) is 5.24. The molecule has 0 fully saturated rings. The number of aryl methyl sites for hydroxylation is 1. The number of benzene rings is 1. The quantitative estimate of drug-likeness (QED) is 0.862. The van der Waals surface area contributed by atoms with E-state index in [9.17, 15) is 13.2 Å². The summed E-state index contributed by atoms with van der Waals surface area (Å²) in [6.07, 6.45) is -2.66. The van der Waals surface area contributed by atoms with Crippen LogP contribution in [-0.4, -0.2) is 16.8 Å². The Hall–Kier alpha value is -1.49. The second-order valence-electron chi connectivity index (χ2n) is 4.17. The third-order valence-electron chi connectivity index (χ3n) is 2.83. The van der Waals surface area contributed by atoms with Gasteiger partial charge in [-0.15, -0.1) is 0 Å². The van der Waals surface area contributed by atoms with Gasteiger partial charge >= 0.3 is 6.18 Å². The molecule has 1 unspecified atom stereocenters. The van der Waals surface area contributed by atoms with E-state index in [1.807, 2.05) is 29.9 Å². The van der Waals surface area contributed by atoms with Gasteiger partial charge in [0.05, 0.1) is 0 Å². The summed E-state index contributed by atoms with van der Waals surface area (Å²) in [6, 6.07) is 5.37. The van der Waals surface area contributed by atoms with Crippen molar-refractivity contribution >= 4 is 10.9 Å². The summed E-state index contributed by atoms with van der Waals surface area (Å²) < 4.78 is 38.9. The first kappa shape index (κ1) is 12.0. The molecule has 0 aliphatic carbocycles. The summed E-state index contributed by atoms with van der Waals surface area (Å²) in [5.41, 5.74) is 6.62. The number of aromatic nitrogens is 1. The summed E-state index contributed by atoms with van der Waals surface area (Å²) >= 11 is 0. The van der Waals surface area contributed by atoms with E-state index in [1.165, 1.54) is 0 Å². The SMILES string of the molecule is Cn1ccc2ccc(CC(N)C(F)(F)F)cc21. The van der Waals surface area contributed by atoms with Crippen molar-refractivity contribution < 1.29 is 13.2 Å². The largest absolute Gasteiger partial charge is 0.403 e. The molecule has 0 bridgehead atoms. The van der Waals surface area contributed by atoms with Gasteiger partial charge in [-0.2, -0.15) is 13.2 Å². The molecular weight excluding hydrogens is 229 g/mol. The summed E-state index contributed by atoms with van der Waals surface area (Å²) in [5, 5.41) is 1.01. The molecule has 2 N–H and O–H groups in total. The lowest BCUT2D eigenvalue weighted by molar-refractivity contribution is -0.147. The number of halogens is 3. The van der Waals surface area contributed by atoms with Crippen LogP contribution in [0.5, 0.6) is 0 Å². The minimum atomic E-state index is -4.34. The Labute approximate surface area is 96.8 Å². The molecule has 2 aromatic rings. The molecule has 0 aliphatic rings. The van der Waals surface area contributed by atoms with Gasteiger partial charge in [0.25, 0.3) is 0 Å². The highest BCUT2D eigenvalue weighted by molar-refractivity contribution is 5.80. The normalized spacial score (nSPS) is 14.2. The van der Waals surface area contributed by atoms with Crippen LogP contribution >= 0.6 is 0 Å². The van der Waals surface area contributed by atoms with Crippen molar-refractivity contribution in [1.82, 2.24) is 4.57 Å². The van der Waals surface area contributed by atoms with Crippen LogP contribution in [0, 0.1) is 0 Å². The maximum absolute atomic E-state index is 12.3. The molecule has 2 nitrogen and oxygen atoms in total. The average Bonchev–Trinajstić information content (AvgIpc) is 2.59. The predicted molar refractivity (Wildman–Crippen MR) is 60.7 cm³/mol. The van der Waals surface area contributed by atoms with E-state index < -0.39 is 12.2 Å². The average molecular weight is 242 g/mol. The second-order valence-corrected chi connectivity index (χ2v) is 4.17. The summed E-state index contributed by atoms with van der Waals surface area (Å²) in [6.45, 7) is 0. The number of rotatable bonds is 2. The highest BCUT2D eigenvalue weighted by Gasteiger charge is 2.36. The molecule has 0 amide bonds. The van der Waals surface area contributed by atoms with Crippen molar-refractivity contribution in [3.63, 3.8) is 0 Å². The van der Waals surface area contributed by atoms with E-state index in [4.69, 9.17) is 5.73 Å². The third-order valence-corrected chi connectivity index (χ3v) is 2.83. The van der Waals surface area contributed by atoms with Crippen LogP contribution in [0.15, 0.2) is 30.5 Å². The maximum atomic E-state index is 12.3. The maximum Gasteiger partial charge on any atom is 0.403 e. The van der Waals surface area contributed by atoms with Gasteiger partial charge in [0.15, 0.2) is 0 Å². The van der Waals surface area contributed by atoms with Gasteiger partial charge in [-0.1, -0.05) is 12.1 Å². The van der Waals surface area contributed by atoms with Gasteiger partial charge in [-0.3, -0.25) is 0 Å². The molecule has 1 aromatic heterocycles. The number of hydrogen-bond acceptors (Lipinski definition) is 1. The lowest BCUT2D eigenvalue weighted by Crippen LogP contribution is -2.39. The van der Waals surface area contributed by atoms with Crippen molar-refractivity contribution in [2.75, 3.05) is 0 Å². The third kappa shape index (κ3) is 2.44. The lowest BCUT2D eigenvalue weighted by atomic mass is 10.0. The molecule has 1 aromatic carbocycles. The zero-order chi connectivity index (χ0) is 12.6. The minimum Gasteiger partial charge on any atom is -0.351 e. The minimum absolute atomic E-state index is 0.190. The molecule has 1 heterocycles. The Kier molecular flexibility index (Phi) is 2.87. The number of hydrogen-bond donors (Lipinski definition) is 1. The van der Waals surface area contributed by atoms with Crippen molar-refractivity contribution in [3.8, 4) is 0 Å². The molecule has 0 spiro atoms. The van der Waals surface area contributed by atoms with Gasteiger partial charge in [-0.05, 0) is 29.5 Å². The van der Waals surface area contributed by atoms with Crippen molar-refractivity contribution in [2.24, 2.45) is 12.8 Å². The van der Waals surface area contributed by atoms with Gasteiger partial charge < -0.3 is 10.3 Å². The monoisotopic (exact) mass is 242 g/mol. The fourth-order valence-electron chi connectivity index (χ4n) is 1.80. The smallest absolute Gasteiger partial charge is 0.351 e. The highest BCUT2D eigenvalue weighted by atomic mass is 19.4. The number of fused-ring (bicyclic) bond motifs is 1. The molecule has 0 saturated heterocycles. The van der Waals surface area contributed by atoms with E-state index in [-0.39, 0.29) is 6.42 Å². The fourth-order valence-corrected chi connectivity index (χ4v) is 1.80. The Morgan fingerprint density at radius 3 is 2.65 bits per heavy atom. The van der Waals surface area contributed by atoms with Crippen LogP contribution < -0.4 is 5.73 Å². The van der Waals surface area contributed by atoms with Crippen LogP contribution in [0.1, 0.15) is 5.56 Å². The van der Waals surface area contributed by atoms with Crippen molar-refractivity contribution in [1.29, 1.82) is 0 Å². The molecular formula is C12H13F3N2. The molecule has 17 heavy (non-hydrogen) atoms. The molecule has 5 heteroatoms. The van der Waals surface area contributed by atoms with Crippen molar-refractivity contribution in [3.05, 3.63) is 36.0 Å². The van der Waals surface area contributed by atoms with Crippen LogP contribution in [0.4, 0.5) is 13.2 Å². The molecule has 0 saturated carbocycles. The Morgan fingerprint density at radius 1 is 1.29 bits per heavy atom. The van der Waals surface area contributed by atoms with Gasteiger partial charge in [0, 0.05) is 18.8 Å². The van der Waals surface area contributed by atoms with Gasteiger partial charge in [0.2, 0.25) is 0 Å². The Bertz CT molecular complexity index is 528. The number of nitrogens with two attached hydrogens (primary N) is 1. The van der Waals surface area contributed by atoms with Crippen LogP contribution in [0.2, 0.25) is 0 Å². The molecule has 0 radical (unpaired) electrons. The topological polar surface area (TPSA) is 30.9 Å². The number of alkyl halides is 3. The molecule has 92 valence electrons. The number of nitrogens with zero attached hydrogens (tertiary/aromatic N) is 1. The zero-order valence-electron chi connectivity index (χ0n) is 9.33. The van der Waals surface area contributed by atoms with Crippen molar-refractivity contribution in [2.45, 2.75) is 18.6 Å².